The second-order valence-electron chi connectivity index (χ2n) is 11.3. The number of imide groups is 2. The molecule has 2 rings (SSSR count). The fourth-order valence-electron chi connectivity index (χ4n) is 5.74. The molecule has 0 aromatic rings. The van der Waals surface area contributed by atoms with Gasteiger partial charge in [-0.2, -0.15) is 0 Å². The van der Waals surface area contributed by atoms with Crippen LogP contribution in [0, 0.1) is 11.8 Å². The van der Waals surface area contributed by atoms with Gasteiger partial charge in [0, 0.05) is 50.2 Å². The average Bonchev–Trinajstić information content (AvgIpc) is 3.41. The van der Waals surface area contributed by atoms with Crippen LogP contribution in [-0.2, 0) is 28.8 Å². The van der Waals surface area contributed by atoms with Crippen LogP contribution in [0.3, 0.4) is 0 Å². The SMILES string of the molecule is O=C(O)CCCCCCC(CCCN1C(=O)C=CC1=O)CC(CCCCCCC(=O)O)CCCN1C(=O)C=CC1=O. The molecule has 2 heterocycles. The molecule has 10 nitrogen and oxygen atoms in total. The summed E-state index contributed by atoms with van der Waals surface area (Å²) < 4.78 is 0. The number of unbranched alkanes of at least 4 members (excludes halogenated alkanes) is 6. The van der Waals surface area contributed by atoms with Crippen LogP contribution in [0.2, 0.25) is 0 Å². The van der Waals surface area contributed by atoms with E-state index in [1.165, 1.54) is 34.1 Å². The first kappa shape index (κ1) is 33.9. The van der Waals surface area contributed by atoms with Crippen molar-refractivity contribution < 1.29 is 39.0 Å². The lowest BCUT2D eigenvalue weighted by atomic mass is 9.82. The molecule has 0 bridgehead atoms. The normalized spacial score (nSPS) is 16.3. The number of carboxylic acids is 2. The number of hydrogen-bond acceptors (Lipinski definition) is 6. The van der Waals surface area contributed by atoms with Gasteiger partial charge in [-0.3, -0.25) is 38.6 Å². The van der Waals surface area contributed by atoms with Gasteiger partial charge in [-0.1, -0.05) is 51.4 Å². The predicted octanol–water partition coefficient (Wildman–Crippen LogP) is 4.87. The molecule has 10 heteroatoms. The van der Waals surface area contributed by atoms with Crippen molar-refractivity contribution in [3.05, 3.63) is 24.3 Å². The minimum atomic E-state index is -0.776. The van der Waals surface area contributed by atoms with E-state index >= 15 is 0 Å². The number of amides is 4. The molecule has 0 fully saturated rings. The summed E-state index contributed by atoms with van der Waals surface area (Å²) in [7, 11) is 0. The van der Waals surface area contributed by atoms with E-state index in [-0.39, 0.29) is 36.5 Å². The van der Waals surface area contributed by atoms with Gasteiger partial charge in [0.25, 0.3) is 23.6 Å². The highest BCUT2D eigenvalue weighted by atomic mass is 16.4. The summed E-state index contributed by atoms with van der Waals surface area (Å²) in [5, 5.41) is 17.7. The van der Waals surface area contributed by atoms with Crippen LogP contribution in [-0.4, -0.2) is 68.7 Å². The van der Waals surface area contributed by atoms with Crippen molar-refractivity contribution in [1.29, 1.82) is 0 Å². The van der Waals surface area contributed by atoms with Gasteiger partial charge in [0.1, 0.15) is 0 Å². The zero-order valence-electron chi connectivity index (χ0n) is 24.1. The molecule has 4 amide bonds. The second-order valence-corrected chi connectivity index (χ2v) is 11.3. The minimum Gasteiger partial charge on any atom is -0.481 e. The Morgan fingerprint density at radius 1 is 0.512 bits per heavy atom. The molecule has 2 aliphatic heterocycles. The summed E-state index contributed by atoms with van der Waals surface area (Å²) in [6, 6.07) is 0. The number of rotatable bonds is 24. The highest BCUT2D eigenvalue weighted by molar-refractivity contribution is 6.13. The van der Waals surface area contributed by atoms with Crippen molar-refractivity contribution in [2.75, 3.05) is 13.1 Å². The van der Waals surface area contributed by atoms with Crippen LogP contribution in [0.1, 0.15) is 109 Å². The topological polar surface area (TPSA) is 149 Å². The first-order valence-corrected chi connectivity index (χ1v) is 15.2. The van der Waals surface area contributed by atoms with Crippen molar-refractivity contribution in [2.24, 2.45) is 11.8 Å². The van der Waals surface area contributed by atoms with Gasteiger partial charge in [0.05, 0.1) is 0 Å². The molecular formula is C31H46N2O8. The van der Waals surface area contributed by atoms with Crippen LogP contribution in [0.25, 0.3) is 0 Å². The summed E-state index contributed by atoms with van der Waals surface area (Å²) >= 11 is 0. The van der Waals surface area contributed by atoms with Gasteiger partial charge in [0.15, 0.2) is 0 Å². The highest BCUT2D eigenvalue weighted by Gasteiger charge is 2.25. The van der Waals surface area contributed by atoms with Crippen molar-refractivity contribution >= 4 is 35.6 Å². The summed E-state index contributed by atoms with van der Waals surface area (Å²) in [5.41, 5.74) is 0. The molecule has 0 saturated carbocycles. The lowest BCUT2D eigenvalue weighted by molar-refractivity contribution is -0.138. The van der Waals surface area contributed by atoms with E-state index in [4.69, 9.17) is 10.2 Å². The van der Waals surface area contributed by atoms with Crippen molar-refractivity contribution in [3.63, 3.8) is 0 Å². The fraction of sp³-hybridized carbons (Fsp3) is 0.677. The summed E-state index contributed by atoms with van der Waals surface area (Å²) in [4.78, 5) is 71.9. The summed E-state index contributed by atoms with van der Waals surface area (Å²) in [5.74, 6) is -1.88. The Hall–Kier alpha value is -3.30. The Morgan fingerprint density at radius 3 is 1.17 bits per heavy atom. The molecular weight excluding hydrogens is 528 g/mol. The molecule has 0 aromatic heterocycles. The van der Waals surface area contributed by atoms with Crippen LogP contribution in [0.15, 0.2) is 24.3 Å². The molecule has 0 aliphatic carbocycles. The zero-order valence-corrected chi connectivity index (χ0v) is 24.1. The lowest BCUT2D eigenvalue weighted by Gasteiger charge is -2.25. The molecule has 2 unspecified atom stereocenters. The Morgan fingerprint density at radius 2 is 0.829 bits per heavy atom. The summed E-state index contributed by atoms with van der Waals surface area (Å²) in [6.07, 6.45) is 18.6. The van der Waals surface area contributed by atoms with Gasteiger partial charge < -0.3 is 10.2 Å². The monoisotopic (exact) mass is 574 g/mol. The van der Waals surface area contributed by atoms with Crippen molar-refractivity contribution in [2.45, 2.75) is 109 Å². The standard InChI is InChI=1S/C31H46N2O8/c34-26-17-18-27(35)32(26)21-9-13-24(11-5-1-3-7-15-30(38)39)23-25(12-6-2-4-8-16-31(40)41)14-10-22-33-28(36)19-20-29(33)37/h17-20,24-25H,1-16,21-23H2,(H,38,39)(H,40,41). The largest absolute Gasteiger partial charge is 0.481 e. The molecule has 0 saturated heterocycles. The van der Waals surface area contributed by atoms with Crippen molar-refractivity contribution in [3.8, 4) is 0 Å². The maximum Gasteiger partial charge on any atom is 0.303 e. The molecule has 0 radical (unpaired) electrons. The maximum absolute atomic E-state index is 12.0. The Balaban J connectivity index is 1.92. The predicted molar refractivity (Wildman–Crippen MR) is 152 cm³/mol. The maximum atomic E-state index is 12.0. The smallest absolute Gasteiger partial charge is 0.303 e. The van der Waals surface area contributed by atoms with Crippen LogP contribution in [0.4, 0.5) is 0 Å². The van der Waals surface area contributed by atoms with Crippen LogP contribution >= 0.6 is 0 Å². The van der Waals surface area contributed by atoms with Gasteiger partial charge >= 0.3 is 11.9 Å². The molecule has 0 aromatic carbocycles. The molecule has 2 N–H and O–H groups in total. The third-order valence-electron chi connectivity index (χ3n) is 7.96. The first-order chi connectivity index (χ1) is 19.7. The van der Waals surface area contributed by atoms with Gasteiger partial charge in [-0.05, 0) is 56.8 Å². The molecule has 2 aliphatic rings. The zero-order chi connectivity index (χ0) is 30.0. The number of carbonyl (C=O) groups is 6. The highest BCUT2D eigenvalue weighted by Crippen LogP contribution is 2.30. The third kappa shape index (κ3) is 13.7. The van der Waals surface area contributed by atoms with E-state index in [2.05, 4.69) is 0 Å². The number of carboxylic acid groups (broad SMARTS) is 2. The first-order valence-electron chi connectivity index (χ1n) is 15.2. The number of nitrogens with zero attached hydrogens (tertiary/aromatic N) is 2. The van der Waals surface area contributed by atoms with Crippen LogP contribution < -0.4 is 0 Å². The van der Waals surface area contributed by atoms with Crippen molar-refractivity contribution in [1.82, 2.24) is 9.80 Å². The van der Waals surface area contributed by atoms with Gasteiger partial charge in [-0.15, -0.1) is 0 Å². The van der Waals surface area contributed by atoms with E-state index in [1.807, 2.05) is 0 Å². The Bertz CT molecular complexity index is 861. The number of carbonyl (C=O) groups excluding carboxylic acids is 4. The second kappa shape index (κ2) is 18.9. The Kier molecular flexibility index (Phi) is 15.7. The van der Waals surface area contributed by atoms with Crippen LogP contribution in [0.5, 0.6) is 0 Å². The van der Waals surface area contributed by atoms with Gasteiger partial charge in [0.2, 0.25) is 0 Å². The summed E-state index contributed by atoms with van der Waals surface area (Å²) in [6.45, 7) is 0.778. The van der Waals surface area contributed by atoms with E-state index in [0.717, 1.165) is 70.6 Å². The van der Waals surface area contributed by atoms with E-state index < -0.39 is 11.9 Å². The van der Waals surface area contributed by atoms with E-state index in [0.29, 0.717) is 50.6 Å². The third-order valence-corrected chi connectivity index (χ3v) is 7.96. The van der Waals surface area contributed by atoms with E-state index in [1.54, 1.807) is 0 Å². The molecule has 228 valence electrons. The van der Waals surface area contributed by atoms with Gasteiger partial charge in [-0.25, -0.2) is 0 Å². The van der Waals surface area contributed by atoms with E-state index in [9.17, 15) is 28.8 Å². The number of aliphatic carboxylic acids is 2. The number of hydrogen-bond donors (Lipinski definition) is 2. The average molecular weight is 575 g/mol. The molecule has 2 atom stereocenters. The Labute approximate surface area is 242 Å². The molecule has 0 spiro atoms. The lowest BCUT2D eigenvalue weighted by Crippen LogP contribution is -2.31. The quantitative estimate of drug-likeness (QED) is 0.122. The fourth-order valence-corrected chi connectivity index (χ4v) is 5.74. The minimum absolute atomic E-state index is 0.182. The molecule has 41 heavy (non-hydrogen) atoms.